The molecule has 41 heavy (non-hydrogen) atoms. The van der Waals surface area contributed by atoms with Crippen LogP contribution in [0, 0.1) is 5.92 Å². The summed E-state index contributed by atoms with van der Waals surface area (Å²) in [5, 5.41) is 0. The first-order valence-corrected chi connectivity index (χ1v) is 10.9. The molecule has 0 atom stereocenters. The summed E-state index contributed by atoms with van der Waals surface area (Å²) in [4.78, 5) is 35.0. The Labute approximate surface area is 221 Å². The fraction of sp³-hybridized carbons (Fsp3) is 0.850. The fourth-order valence-corrected chi connectivity index (χ4v) is 2.74. The first kappa shape index (κ1) is 38.4. The summed E-state index contributed by atoms with van der Waals surface area (Å²) in [5.74, 6) is -54.9. The van der Waals surface area contributed by atoms with Crippen molar-refractivity contribution in [1.82, 2.24) is 9.80 Å². The number of ether oxygens (including phenoxy) is 1. The molecule has 0 rings (SSSR count). The Balaban J connectivity index is 5.87. The smallest absolute Gasteiger partial charge is 0.460 e. The molecule has 21 heteroatoms. The number of halogens is 15. The molecule has 0 aliphatic carbocycles. The van der Waals surface area contributed by atoms with Gasteiger partial charge < -0.3 is 14.5 Å². The SMILES string of the molecule is CC(C)CCCOC(=O)CN(C)C(=O)CN(C)C(=O)C(F)(F)C(F)(F)C(F)(F)C(F)(F)C(F)(F)C(F)(F)C(F)(F)F. The van der Waals surface area contributed by atoms with Crippen molar-refractivity contribution < 1.29 is 85.0 Å². The van der Waals surface area contributed by atoms with Gasteiger partial charge in [-0.1, -0.05) is 13.8 Å². The number of likely N-dealkylation sites (N-methyl/N-ethyl adjacent to an activating group) is 2. The number of nitrogens with zero attached hydrogens (tertiary/aromatic N) is 2. The van der Waals surface area contributed by atoms with Crippen molar-refractivity contribution in [3.63, 3.8) is 0 Å². The number of rotatable bonds is 14. The van der Waals surface area contributed by atoms with Crippen LogP contribution >= 0.6 is 0 Å². The average Bonchev–Trinajstić information content (AvgIpc) is 2.79. The van der Waals surface area contributed by atoms with Crippen molar-refractivity contribution in [3.8, 4) is 0 Å². The molecule has 0 aromatic rings. The average molecular weight is 640 g/mol. The van der Waals surface area contributed by atoms with Crippen molar-refractivity contribution in [2.24, 2.45) is 5.92 Å². The zero-order valence-corrected chi connectivity index (χ0v) is 21.3. The lowest BCUT2D eigenvalue weighted by Gasteiger charge is -2.41. The number of hydrogen-bond acceptors (Lipinski definition) is 4. The highest BCUT2D eigenvalue weighted by atomic mass is 19.4. The number of carbonyl (C=O) groups excluding carboxylic acids is 3. The van der Waals surface area contributed by atoms with E-state index in [2.05, 4.69) is 0 Å². The van der Waals surface area contributed by atoms with E-state index in [4.69, 9.17) is 4.74 Å². The van der Waals surface area contributed by atoms with Gasteiger partial charge in [-0.05, 0) is 18.8 Å². The maximum absolute atomic E-state index is 14.1. The molecule has 0 aromatic heterocycles. The molecule has 0 radical (unpaired) electrons. The molecule has 0 aromatic carbocycles. The van der Waals surface area contributed by atoms with E-state index in [1.165, 1.54) is 0 Å². The lowest BCUT2D eigenvalue weighted by molar-refractivity contribution is -0.449. The van der Waals surface area contributed by atoms with E-state index < -0.39 is 77.5 Å². The minimum atomic E-state index is -8.55. The molecule has 0 saturated heterocycles. The van der Waals surface area contributed by atoms with Crippen LogP contribution in [0.4, 0.5) is 65.9 Å². The molecule has 0 N–H and O–H groups in total. The molecule has 0 aliphatic heterocycles. The Morgan fingerprint density at radius 1 is 0.634 bits per heavy atom. The van der Waals surface area contributed by atoms with Crippen LogP contribution < -0.4 is 0 Å². The summed E-state index contributed by atoms with van der Waals surface area (Å²) in [6, 6.07) is 0. The second-order valence-corrected chi connectivity index (χ2v) is 9.11. The quantitative estimate of drug-likeness (QED) is 0.148. The van der Waals surface area contributed by atoms with Crippen molar-refractivity contribution in [1.29, 1.82) is 0 Å². The van der Waals surface area contributed by atoms with Crippen LogP contribution in [-0.2, 0) is 19.1 Å². The monoisotopic (exact) mass is 640 g/mol. The number of alkyl halides is 15. The summed E-state index contributed by atoms with van der Waals surface area (Å²) in [6.45, 7) is 0.888. The Hall–Kier alpha value is -2.64. The van der Waals surface area contributed by atoms with Crippen LogP contribution in [0.1, 0.15) is 26.7 Å². The van der Waals surface area contributed by atoms with E-state index >= 15 is 0 Å². The second-order valence-electron chi connectivity index (χ2n) is 9.11. The van der Waals surface area contributed by atoms with Gasteiger partial charge in [0.2, 0.25) is 5.91 Å². The van der Waals surface area contributed by atoms with Gasteiger partial charge in [0.15, 0.2) is 0 Å². The van der Waals surface area contributed by atoms with Crippen molar-refractivity contribution in [2.45, 2.75) is 68.4 Å². The van der Waals surface area contributed by atoms with Crippen molar-refractivity contribution in [3.05, 3.63) is 0 Å². The maximum atomic E-state index is 14.1. The number of hydrogen-bond donors (Lipinski definition) is 0. The summed E-state index contributed by atoms with van der Waals surface area (Å²) in [5.41, 5.74) is 0. The minimum absolute atomic E-state index is 0.0188. The van der Waals surface area contributed by atoms with E-state index in [1.807, 2.05) is 13.8 Å². The van der Waals surface area contributed by atoms with Gasteiger partial charge in [0.1, 0.15) is 6.54 Å². The lowest BCUT2D eigenvalue weighted by atomic mass is 9.90. The van der Waals surface area contributed by atoms with Crippen LogP contribution in [-0.4, -0.2) is 103 Å². The number of amides is 2. The van der Waals surface area contributed by atoms with Gasteiger partial charge in [-0.2, -0.15) is 65.9 Å². The number of esters is 1. The van der Waals surface area contributed by atoms with E-state index in [9.17, 15) is 80.2 Å². The van der Waals surface area contributed by atoms with E-state index in [1.54, 1.807) is 0 Å². The zero-order valence-electron chi connectivity index (χ0n) is 21.3. The van der Waals surface area contributed by atoms with Crippen LogP contribution in [0.15, 0.2) is 0 Å². The van der Waals surface area contributed by atoms with Crippen molar-refractivity contribution in [2.75, 3.05) is 33.8 Å². The molecule has 0 heterocycles. The molecule has 0 aliphatic rings. The van der Waals surface area contributed by atoms with Crippen LogP contribution in [0.2, 0.25) is 0 Å². The van der Waals surface area contributed by atoms with Gasteiger partial charge in [0.05, 0.1) is 13.2 Å². The van der Waals surface area contributed by atoms with Gasteiger partial charge >= 0.3 is 47.7 Å². The molecule has 0 unspecified atom stereocenters. The molecule has 2 amide bonds. The lowest BCUT2D eigenvalue weighted by Crippen LogP contribution is -2.74. The summed E-state index contributed by atoms with van der Waals surface area (Å²) >= 11 is 0. The third-order valence-corrected chi connectivity index (χ3v) is 5.30. The zero-order chi connectivity index (χ0) is 33.2. The summed E-state index contributed by atoms with van der Waals surface area (Å²) in [6.07, 6.45) is -6.73. The van der Waals surface area contributed by atoms with Gasteiger partial charge in [-0.25, -0.2) is 0 Å². The molecule has 6 nitrogen and oxygen atoms in total. The molecule has 0 bridgehead atoms. The normalized spacial score (nSPS) is 14.2. The Morgan fingerprint density at radius 2 is 1.05 bits per heavy atom. The highest BCUT2D eigenvalue weighted by molar-refractivity contribution is 5.90. The predicted molar refractivity (Wildman–Crippen MR) is 106 cm³/mol. The Kier molecular flexibility index (Phi) is 11.5. The molecule has 0 fully saturated rings. The molecule has 0 spiro atoms. The Bertz CT molecular complexity index is 951. The largest absolute Gasteiger partial charge is 0.464 e. The van der Waals surface area contributed by atoms with E-state index in [-0.39, 0.29) is 19.6 Å². The molecular formula is C20H23F15N2O4. The van der Waals surface area contributed by atoms with Crippen LogP contribution in [0.5, 0.6) is 0 Å². The highest BCUT2D eigenvalue weighted by Gasteiger charge is 2.94. The highest BCUT2D eigenvalue weighted by Crippen LogP contribution is 2.62. The van der Waals surface area contributed by atoms with Crippen LogP contribution in [0.3, 0.4) is 0 Å². The van der Waals surface area contributed by atoms with E-state index in [0.29, 0.717) is 17.7 Å². The van der Waals surface area contributed by atoms with Gasteiger partial charge in [-0.3, -0.25) is 14.4 Å². The minimum Gasteiger partial charge on any atom is -0.464 e. The van der Waals surface area contributed by atoms with Crippen LogP contribution in [0.25, 0.3) is 0 Å². The Morgan fingerprint density at radius 3 is 1.46 bits per heavy atom. The van der Waals surface area contributed by atoms with Crippen molar-refractivity contribution >= 4 is 17.8 Å². The standard InChI is InChI=1S/C20H23F15N2O4/c1-10(2)6-5-7-41-12(39)9-36(3)11(38)8-37(4)13(40)14(21,22)15(23,24)16(25,26)17(27,28)18(29,30)19(31,32)20(33,34)35/h10H,5-9H2,1-4H3. The number of carbonyl (C=O) groups is 3. The van der Waals surface area contributed by atoms with Gasteiger partial charge in [-0.15, -0.1) is 0 Å². The molecular weight excluding hydrogens is 617 g/mol. The molecule has 0 saturated carbocycles. The fourth-order valence-electron chi connectivity index (χ4n) is 2.74. The maximum Gasteiger partial charge on any atom is 0.460 e. The third-order valence-electron chi connectivity index (χ3n) is 5.30. The first-order valence-electron chi connectivity index (χ1n) is 10.9. The van der Waals surface area contributed by atoms with Gasteiger partial charge in [0.25, 0.3) is 5.91 Å². The summed E-state index contributed by atoms with van der Waals surface area (Å²) in [7, 11) is 0.797. The molecule has 242 valence electrons. The second kappa shape index (κ2) is 12.3. The third kappa shape index (κ3) is 7.23. The van der Waals surface area contributed by atoms with Gasteiger partial charge in [0, 0.05) is 14.1 Å². The summed E-state index contributed by atoms with van der Waals surface area (Å²) < 4.78 is 204. The van der Waals surface area contributed by atoms with E-state index in [0.717, 1.165) is 7.05 Å². The first-order chi connectivity index (χ1) is 17.9. The predicted octanol–water partition coefficient (Wildman–Crippen LogP) is 5.26. The topological polar surface area (TPSA) is 66.9 Å².